The Morgan fingerprint density at radius 2 is 1.67 bits per heavy atom. The average Bonchev–Trinajstić information content (AvgIpc) is 2.80. The average molecular weight is 481 g/mol. The minimum absolute atomic E-state index is 0.0547. The molecule has 0 aliphatic carbocycles. The number of hydrogen-bond donors (Lipinski definition) is 0. The van der Waals surface area contributed by atoms with Crippen LogP contribution in [0.1, 0.15) is 16.7 Å². The fourth-order valence-electron chi connectivity index (χ4n) is 3.31. The molecule has 0 aliphatic heterocycles. The van der Waals surface area contributed by atoms with Gasteiger partial charge in [-0.05, 0) is 54.4 Å². The van der Waals surface area contributed by atoms with Gasteiger partial charge in [0.25, 0.3) is 0 Å². The maximum atomic E-state index is 13.6. The SMILES string of the molecule is Cc1ccc(-c2cc(C#N)c(OCc3ccc(F)c(F)c3)nc2-c2ccc(Cl)cc2Cl)cc1. The molecule has 1 aromatic heterocycles. The van der Waals surface area contributed by atoms with Crippen LogP contribution in [-0.4, -0.2) is 4.98 Å². The summed E-state index contributed by atoms with van der Waals surface area (Å²) in [4.78, 5) is 4.62. The second kappa shape index (κ2) is 9.58. The van der Waals surface area contributed by atoms with E-state index in [-0.39, 0.29) is 18.1 Å². The fraction of sp³-hybridized carbons (Fsp3) is 0.0769. The zero-order valence-electron chi connectivity index (χ0n) is 17.4. The smallest absolute Gasteiger partial charge is 0.232 e. The Labute approximate surface area is 199 Å². The monoisotopic (exact) mass is 480 g/mol. The molecule has 0 N–H and O–H groups in total. The van der Waals surface area contributed by atoms with Crippen LogP contribution in [0.15, 0.2) is 66.7 Å². The van der Waals surface area contributed by atoms with E-state index in [1.54, 1.807) is 24.3 Å². The lowest BCUT2D eigenvalue weighted by molar-refractivity contribution is 0.292. The van der Waals surface area contributed by atoms with Crippen LogP contribution in [0.25, 0.3) is 22.4 Å². The molecule has 0 spiro atoms. The molecular formula is C26H16Cl2F2N2O. The van der Waals surface area contributed by atoms with E-state index in [0.29, 0.717) is 32.4 Å². The number of aromatic nitrogens is 1. The Kier molecular flexibility index (Phi) is 6.60. The van der Waals surface area contributed by atoms with Crippen LogP contribution in [0.5, 0.6) is 5.88 Å². The molecule has 0 saturated heterocycles. The van der Waals surface area contributed by atoms with E-state index in [0.717, 1.165) is 23.3 Å². The second-order valence-corrected chi connectivity index (χ2v) is 8.22. The topological polar surface area (TPSA) is 45.9 Å². The number of benzene rings is 3. The van der Waals surface area contributed by atoms with Gasteiger partial charge in [0.1, 0.15) is 18.2 Å². The summed E-state index contributed by atoms with van der Waals surface area (Å²) in [6.07, 6.45) is 0. The van der Waals surface area contributed by atoms with Gasteiger partial charge < -0.3 is 4.74 Å². The molecule has 0 amide bonds. The molecule has 3 aromatic carbocycles. The standard InChI is InChI=1S/C26H16Cl2F2N2O/c1-15-2-5-17(6-3-15)21-11-18(13-31)26(33-14-16-4-9-23(29)24(30)10-16)32-25(21)20-8-7-19(27)12-22(20)28/h2-12H,14H2,1H3. The highest BCUT2D eigenvalue weighted by atomic mass is 35.5. The van der Waals surface area contributed by atoms with Crippen LogP contribution in [0.2, 0.25) is 10.0 Å². The van der Waals surface area contributed by atoms with Crippen molar-refractivity contribution in [1.29, 1.82) is 5.26 Å². The number of halogens is 4. The van der Waals surface area contributed by atoms with E-state index in [4.69, 9.17) is 27.9 Å². The first kappa shape index (κ1) is 22.7. The third-order valence-electron chi connectivity index (χ3n) is 5.02. The Bertz CT molecular complexity index is 1380. The van der Waals surface area contributed by atoms with Gasteiger partial charge in [0.2, 0.25) is 5.88 Å². The van der Waals surface area contributed by atoms with Gasteiger partial charge >= 0.3 is 0 Å². The lowest BCUT2D eigenvalue weighted by atomic mass is 9.97. The number of nitriles is 1. The Hall–Kier alpha value is -3.46. The van der Waals surface area contributed by atoms with Crippen LogP contribution in [0.4, 0.5) is 8.78 Å². The van der Waals surface area contributed by atoms with Gasteiger partial charge in [0, 0.05) is 16.1 Å². The molecule has 0 fully saturated rings. The third kappa shape index (κ3) is 4.98. The van der Waals surface area contributed by atoms with Crippen molar-refractivity contribution in [1.82, 2.24) is 4.98 Å². The summed E-state index contributed by atoms with van der Waals surface area (Å²) in [7, 11) is 0. The molecule has 0 unspecified atom stereocenters. The summed E-state index contributed by atoms with van der Waals surface area (Å²) in [5, 5.41) is 10.6. The second-order valence-electron chi connectivity index (χ2n) is 7.38. The van der Waals surface area contributed by atoms with Crippen molar-refractivity contribution in [3.05, 3.63) is 105 Å². The molecule has 0 aliphatic rings. The largest absolute Gasteiger partial charge is 0.472 e. The molecule has 0 bridgehead atoms. The highest BCUT2D eigenvalue weighted by Crippen LogP contribution is 2.38. The first-order valence-corrected chi connectivity index (χ1v) is 10.7. The number of nitrogens with zero attached hydrogens (tertiary/aromatic N) is 2. The number of ether oxygens (including phenoxy) is 1. The molecular weight excluding hydrogens is 465 g/mol. The lowest BCUT2D eigenvalue weighted by Crippen LogP contribution is -2.03. The zero-order valence-corrected chi connectivity index (χ0v) is 18.9. The summed E-state index contributed by atoms with van der Waals surface area (Å²) in [6, 6.07) is 20.1. The van der Waals surface area contributed by atoms with E-state index in [1.807, 2.05) is 31.2 Å². The van der Waals surface area contributed by atoms with E-state index >= 15 is 0 Å². The van der Waals surface area contributed by atoms with Crippen molar-refractivity contribution >= 4 is 23.2 Å². The van der Waals surface area contributed by atoms with Gasteiger partial charge in [-0.1, -0.05) is 59.1 Å². The molecule has 7 heteroatoms. The number of pyridine rings is 1. The summed E-state index contributed by atoms with van der Waals surface area (Å²) in [6.45, 7) is 1.88. The zero-order chi connectivity index (χ0) is 23.5. The maximum Gasteiger partial charge on any atom is 0.232 e. The van der Waals surface area contributed by atoms with E-state index in [1.165, 1.54) is 6.07 Å². The molecule has 0 radical (unpaired) electrons. The molecule has 3 nitrogen and oxygen atoms in total. The highest BCUT2D eigenvalue weighted by Gasteiger charge is 2.18. The van der Waals surface area contributed by atoms with Gasteiger partial charge in [-0.25, -0.2) is 13.8 Å². The van der Waals surface area contributed by atoms with E-state index in [9.17, 15) is 14.0 Å². The van der Waals surface area contributed by atoms with E-state index in [2.05, 4.69) is 11.1 Å². The van der Waals surface area contributed by atoms with Gasteiger partial charge in [-0.2, -0.15) is 5.26 Å². The summed E-state index contributed by atoms with van der Waals surface area (Å²) in [5.41, 5.74) is 4.33. The highest BCUT2D eigenvalue weighted by molar-refractivity contribution is 6.36. The lowest BCUT2D eigenvalue weighted by Gasteiger charge is -2.15. The first-order chi connectivity index (χ1) is 15.9. The Morgan fingerprint density at radius 1 is 0.909 bits per heavy atom. The number of rotatable bonds is 5. The minimum atomic E-state index is -0.979. The quantitative estimate of drug-likeness (QED) is 0.293. The van der Waals surface area contributed by atoms with Crippen LogP contribution >= 0.6 is 23.2 Å². The predicted molar refractivity (Wildman–Crippen MR) is 125 cm³/mol. The van der Waals surface area contributed by atoms with Crippen molar-refractivity contribution in [2.75, 3.05) is 0 Å². The summed E-state index contributed by atoms with van der Waals surface area (Å²) < 4.78 is 32.5. The molecule has 164 valence electrons. The first-order valence-electron chi connectivity index (χ1n) is 9.90. The van der Waals surface area contributed by atoms with Gasteiger partial charge in [-0.15, -0.1) is 0 Å². The Balaban J connectivity index is 1.83. The van der Waals surface area contributed by atoms with Crippen molar-refractivity contribution in [2.45, 2.75) is 13.5 Å². The molecule has 0 saturated carbocycles. The van der Waals surface area contributed by atoms with Crippen LogP contribution in [-0.2, 0) is 6.61 Å². The van der Waals surface area contributed by atoms with E-state index < -0.39 is 11.6 Å². The normalized spacial score (nSPS) is 10.7. The summed E-state index contributed by atoms with van der Waals surface area (Å²) in [5.74, 6) is -1.87. The van der Waals surface area contributed by atoms with Gasteiger partial charge in [0.15, 0.2) is 11.6 Å². The van der Waals surface area contributed by atoms with Gasteiger partial charge in [-0.3, -0.25) is 0 Å². The number of aryl methyl sites for hydroxylation is 1. The van der Waals surface area contributed by atoms with Crippen molar-refractivity contribution in [3.63, 3.8) is 0 Å². The number of hydrogen-bond acceptors (Lipinski definition) is 3. The van der Waals surface area contributed by atoms with Crippen LogP contribution in [0.3, 0.4) is 0 Å². The minimum Gasteiger partial charge on any atom is -0.472 e. The molecule has 33 heavy (non-hydrogen) atoms. The van der Waals surface area contributed by atoms with Crippen LogP contribution < -0.4 is 4.74 Å². The Morgan fingerprint density at radius 3 is 2.33 bits per heavy atom. The predicted octanol–water partition coefficient (Wildman–Crippen LogP) is 7.76. The van der Waals surface area contributed by atoms with Gasteiger partial charge in [0.05, 0.1) is 10.7 Å². The van der Waals surface area contributed by atoms with Crippen molar-refractivity contribution in [2.24, 2.45) is 0 Å². The van der Waals surface area contributed by atoms with Crippen molar-refractivity contribution in [3.8, 4) is 34.3 Å². The molecule has 4 rings (SSSR count). The molecule has 0 atom stereocenters. The molecule has 4 aromatic rings. The van der Waals surface area contributed by atoms with Crippen molar-refractivity contribution < 1.29 is 13.5 Å². The van der Waals surface area contributed by atoms with Crippen LogP contribution in [0, 0.1) is 29.9 Å². The summed E-state index contributed by atoms with van der Waals surface area (Å²) >= 11 is 12.5. The fourth-order valence-corrected chi connectivity index (χ4v) is 3.81. The maximum absolute atomic E-state index is 13.6. The third-order valence-corrected chi connectivity index (χ3v) is 5.56. The molecule has 1 heterocycles.